The third-order valence-electron chi connectivity index (χ3n) is 3.67. The van der Waals surface area contributed by atoms with Crippen LogP contribution in [0, 0.1) is 6.92 Å². The lowest BCUT2D eigenvalue weighted by Gasteiger charge is -2.21. The van der Waals surface area contributed by atoms with Gasteiger partial charge in [0.25, 0.3) is 0 Å². The van der Waals surface area contributed by atoms with Gasteiger partial charge in [-0.05, 0) is 43.9 Å². The number of nitrogens with two attached hydrogens (primary N) is 1. The minimum Gasteiger partial charge on any atom is -0.399 e. The predicted molar refractivity (Wildman–Crippen MR) is 102 cm³/mol. The quantitative estimate of drug-likeness (QED) is 0.662. The van der Waals surface area contributed by atoms with Gasteiger partial charge >= 0.3 is 0 Å². The molecule has 0 bridgehead atoms. The highest BCUT2D eigenvalue weighted by Gasteiger charge is 2.12. The molecule has 1 aromatic carbocycles. The standard InChI is InChI=1S/C18H29N3O2.ClH/c1-4-11-21(12-5-2)18(23)8-6-7-17(22)20-16-13-15(19)10-9-14(16)3;/h9-10,13H,4-8,11-12,19H2,1-3H3,(H,20,22);1H. The number of nitrogens with one attached hydrogen (secondary N) is 1. The van der Waals surface area contributed by atoms with Crippen molar-refractivity contribution in [3.63, 3.8) is 0 Å². The van der Waals surface area contributed by atoms with E-state index in [4.69, 9.17) is 5.73 Å². The van der Waals surface area contributed by atoms with Crippen LogP contribution in [0.25, 0.3) is 0 Å². The molecule has 24 heavy (non-hydrogen) atoms. The summed E-state index contributed by atoms with van der Waals surface area (Å²) in [6, 6.07) is 5.43. The predicted octanol–water partition coefficient (Wildman–Crippen LogP) is 3.76. The number of carbonyl (C=O) groups excluding carboxylic acids is 2. The first-order valence-corrected chi connectivity index (χ1v) is 8.41. The maximum absolute atomic E-state index is 12.1. The van der Waals surface area contributed by atoms with Crippen molar-refractivity contribution in [3.05, 3.63) is 23.8 Å². The van der Waals surface area contributed by atoms with Crippen molar-refractivity contribution < 1.29 is 9.59 Å². The maximum Gasteiger partial charge on any atom is 0.224 e. The fourth-order valence-corrected chi connectivity index (χ4v) is 2.45. The second kappa shape index (κ2) is 11.7. The monoisotopic (exact) mass is 355 g/mol. The van der Waals surface area contributed by atoms with E-state index < -0.39 is 0 Å². The molecule has 136 valence electrons. The van der Waals surface area contributed by atoms with E-state index in [9.17, 15) is 9.59 Å². The minimum atomic E-state index is -0.0796. The van der Waals surface area contributed by atoms with Crippen molar-refractivity contribution in [2.75, 3.05) is 24.1 Å². The molecule has 0 unspecified atom stereocenters. The van der Waals surface area contributed by atoms with E-state index in [0.717, 1.165) is 37.2 Å². The third-order valence-corrected chi connectivity index (χ3v) is 3.67. The van der Waals surface area contributed by atoms with Gasteiger partial charge in [0.1, 0.15) is 0 Å². The number of halogens is 1. The largest absolute Gasteiger partial charge is 0.399 e. The van der Waals surface area contributed by atoms with E-state index in [2.05, 4.69) is 19.2 Å². The Hall–Kier alpha value is -1.75. The number of aryl methyl sites for hydroxylation is 1. The zero-order chi connectivity index (χ0) is 17.2. The zero-order valence-corrected chi connectivity index (χ0v) is 15.7. The van der Waals surface area contributed by atoms with Crippen LogP contribution in [0.3, 0.4) is 0 Å². The van der Waals surface area contributed by atoms with Crippen molar-refractivity contribution in [1.82, 2.24) is 4.90 Å². The van der Waals surface area contributed by atoms with Crippen LogP contribution in [0.1, 0.15) is 51.5 Å². The molecular formula is C18H30ClN3O2. The summed E-state index contributed by atoms with van der Waals surface area (Å²) in [7, 11) is 0. The first kappa shape index (κ1) is 22.2. The van der Waals surface area contributed by atoms with E-state index in [1.807, 2.05) is 17.9 Å². The number of hydrogen-bond donors (Lipinski definition) is 2. The van der Waals surface area contributed by atoms with Gasteiger partial charge in [0.2, 0.25) is 11.8 Å². The molecule has 0 radical (unpaired) electrons. The molecular weight excluding hydrogens is 326 g/mol. The summed E-state index contributed by atoms with van der Waals surface area (Å²) in [5.41, 5.74) is 8.06. The molecule has 0 saturated carbocycles. The molecule has 0 spiro atoms. The molecule has 0 atom stereocenters. The molecule has 1 rings (SSSR count). The van der Waals surface area contributed by atoms with Crippen LogP contribution in [0.5, 0.6) is 0 Å². The zero-order valence-electron chi connectivity index (χ0n) is 14.9. The van der Waals surface area contributed by atoms with E-state index in [1.54, 1.807) is 12.1 Å². The number of hydrogen-bond acceptors (Lipinski definition) is 3. The van der Waals surface area contributed by atoms with Gasteiger partial charge in [-0.3, -0.25) is 9.59 Å². The summed E-state index contributed by atoms with van der Waals surface area (Å²) in [6.07, 6.45) is 3.24. The molecule has 0 saturated heterocycles. The van der Waals surface area contributed by atoms with Gasteiger partial charge in [-0.25, -0.2) is 0 Å². The molecule has 0 fully saturated rings. The molecule has 0 heterocycles. The number of nitrogens with zero attached hydrogens (tertiary/aromatic N) is 1. The fourth-order valence-electron chi connectivity index (χ4n) is 2.45. The Bertz CT molecular complexity index is 529. The Morgan fingerprint density at radius 2 is 1.75 bits per heavy atom. The van der Waals surface area contributed by atoms with Crippen LogP contribution in [0.15, 0.2) is 18.2 Å². The van der Waals surface area contributed by atoms with Crippen LogP contribution in [-0.2, 0) is 9.59 Å². The first-order chi connectivity index (χ1) is 11.0. The van der Waals surface area contributed by atoms with Crippen molar-refractivity contribution in [1.29, 1.82) is 0 Å². The third kappa shape index (κ3) is 7.68. The van der Waals surface area contributed by atoms with Crippen LogP contribution >= 0.6 is 12.4 Å². The van der Waals surface area contributed by atoms with E-state index in [1.165, 1.54) is 0 Å². The lowest BCUT2D eigenvalue weighted by Crippen LogP contribution is -2.32. The van der Waals surface area contributed by atoms with Gasteiger partial charge in [-0.1, -0.05) is 19.9 Å². The highest BCUT2D eigenvalue weighted by molar-refractivity contribution is 5.92. The number of carbonyl (C=O) groups is 2. The summed E-state index contributed by atoms with van der Waals surface area (Å²) < 4.78 is 0. The Balaban J connectivity index is 0.00000529. The highest BCUT2D eigenvalue weighted by atomic mass is 35.5. The molecule has 0 aromatic heterocycles. The van der Waals surface area contributed by atoms with Gasteiger partial charge in [0, 0.05) is 37.3 Å². The van der Waals surface area contributed by atoms with Gasteiger partial charge in [0.15, 0.2) is 0 Å². The summed E-state index contributed by atoms with van der Waals surface area (Å²) in [6.45, 7) is 7.64. The number of benzene rings is 1. The SMILES string of the molecule is CCCN(CCC)C(=O)CCCC(=O)Nc1cc(N)ccc1C.Cl. The smallest absolute Gasteiger partial charge is 0.224 e. The average Bonchev–Trinajstić information content (AvgIpc) is 2.50. The van der Waals surface area contributed by atoms with Crippen molar-refractivity contribution >= 4 is 35.6 Å². The van der Waals surface area contributed by atoms with Gasteiger partial charge in [-0.15, -0.1) is 12.4 Å². The van der Waals surface area contributed by atoms with Crippen LogP contribution in [0.2, 0.25) is 0 Å². The molecule has 2 amide bonds. The van der Waals surface area contributed by atoms with Crippen molar-refractivity contribution in [2.45, 2.75) is 52.9 Å². The average molecular weight is 356 g/mol. The number of rotatable bonds is 9. The van der Waals surface area contributed by atoms with Crippen LogP contribution < -0.4 is 11.1 Å². The van der Waals surface area contributed by atoms with Crippen LogP contribution in [0.4, 0.5) is 11.4 Å². The molecule has 6 heteroatoms. The Labute approximate surface area is 151 Å². The molecule has 0 aliphatic carbocycles. The van der Waals surface area contributed by atoms with Gasteiger partial charge in [0.05, 0.1) is 0 Å². The fraction of sp³-hybridized carbons (Fsp3) is 0.556. The second-order valence-electron chi connectivity index (χ2n) is 5.86. The summed E-state index contributed by atoms with van der Waals surface area (Å²) in [5, 5.41) is 2.86. The molecule has 1 aromatic rings. The Morgan fingerprint density at radius 1 is 1.12 bits per heavy atom. The highest BCUT2D eigenvalue weighted by Crippen LogP contribution is 2.18. The van der Waals surface area contributed by atoms with Gasteiger partial charge in [-0.2, -0.15) is 0 Å². The lowest BCUT2D eigenvalue weighted by atomic mass is 10.1. The molecule has 0 aliphatic heterocycles. The van der Waals surface area contributed by atoms with E-state index in [0.29, 0.717) is 24.9 Å². The van der Waals surface area contributed by atoms with Crippen molar-refractivity contribution in [3.8, 4) is 0 Å². The maximum atomic E-state index is 12.1. The Kier molecular flexibility index (Phi) is 10.9. The minimum absolute atomic E-state index is 0. The normalized spacial score (nSPS) is 9.96. The molecule has 5 nitrogen and oxygen atoms in total. The van der Waals surface area contributed by atoms with Crippen molar-refractivity contribution in [2.24, 2.45) is 0 Å². The second-order valence-corrected chi connectivity index (χ2v) is 5.86. The number of nitrogen functional groups attached to an aromatic ring is 1. The topological polar surface area (TPSA) is 75.4 Å². The summed E-state index contributed by atoms with van der Waals surface area (Å²) >= 11 is 0. The van der Waals surface area contributed by atoms with Gasteiger partial charge < -0.3 is 16.0 Å². The number of amides is 2. The number of anilines is 2. The summed E-state index contributed by atoms with van der Waals surface area (Å²) in [4.78, 5) is 26.0. The van der Waals surface area contributed by atoms with E-state index >= 15 is 0 Å². The molecule has 3 N–H and O–H groups in total. The summed E-state index contributed by atoms with van der Waals surface area (Å²) in [5.74, 6) is 0.0608. The van der Waals surface area contributed by atoms with E-state index in [-0.39, 0.29) is 24.2 Å². The molecule has 0 aliphatic rings. The first-order valence-electron chi connectivity index (χ1n) is 8.41. The lowest BCUT2D eigenvalue weighted by molar-refractivity contribution is -0.131. The van der Waals surface area contributed by atoms with Crippen LogP contribution in [-0.4, -0.2) is 29.8 Å². The Morgan fingerprint density at radius 3 is 2.33 bits per heavy atom.